The Kier molecular flexibility index (Phi) is 6.46. The van der Waals surface area contributed by atoms with E-state index in [1.807, 2.05) is 6.07 Å². The lowest BCUT2D eigenvalue weighted by molar-refractivity contribution is -0.158. The highest BCUT2D eigenvalue weighted by Gasteiger charge is 2.32. The first-order valence-corrected chi connectivity index (χ1v) is 9.65. The van der Waals surface area contributed by atoms with Crippen LogP contribution in [0.5, 0.6) is 5.75 Å². The van der Waals surface area contributed by atoms with Gasteiger partial charge in [0.2, 0.25) is 0 Å². The van der Waals surface area contributed by atoms with Crippen LogP contribution in [-0.4, -0.2) is 29.3 Å². The molecule has 1 N–H and O–H groups in total. The van der Waals surface area contributed by atoms with Gasteiger partial charge in [-0.2, -0.15) is 5.26 Å². The largest absolute Gasteiger partial charge is 0.462 e. The van der Waals surface area contributed by atoms with Crippen LogP contribution < -0.4 is 4.74 Å². The predicted molar refractivity (Wildman–Crippen MR) is 96.6 cm³/mol. The van der Waals surface area contributed by atoms with Crippen molar-refractivity contribution in [2.75, 3.05) is 0 Å². The average Bonchev–Trinajstić information content (AvgIpc) is 2.69. The number of rotatable bonds is 4. The molecule has 0 heterocycles. The first-order chi connectivity index (χ1) is 13.0. The Morgan fingerprint density at radius 3 is 2.04 bits per heavy atom. The number of hydrogen-bond acceptors (Lipinski definition) is 6. The van der Waals surface area contributed by atoms with E-state index in [1.54, 1.807) is 24.3 Å². The molecule has 27 heavy (non-hydrogen) atoms. The van der Waals surface area contributed by atoms with Gasteiger partial charge in [-0.25, -0.2) is 0 Å². The minimum atomic E-state index is -0.286. The second-order valence-electron chi connectivity index (χ2n) is 7.47. The molecular weight excluding hydrogens is 346 g/mol. The fraction of sp³-hybridized carbons (Fsp3) is 0.571. The lowest BCUT2D eigenvalue weighted by atomic mass is 9.86. The number of aliphatic hydroxyl groups is 1. The van der Waals surface area contributed by atoms with Crippen molar-refractivity contribution in [2.24, 2.45) is 11.8 Å². The van der Waals surface area contributed by atoms with E-state index in [2.05, 4.69) is 0 Å². The molecule has 6 nitrogen and oxygen atoms in total. The van der Waals surface area contributed by atoms with Crippen LogP contribution in [0.4, 0.5) is 0 Å². The monoisotopic (exact) mass is 371 g/mol. The predicted octanol–water partition coefficient (Wildman–Crippen LogP) is 3.12. The number of benzene rings is 1. The number of hydrogen-bond donors (Lipinski definition) is 1. The second kappa shape index (κ2) is 9.01. The van der Waals surface area contributed by atoms with Crippen LogP contribution in [0.2, 0.25) is 0 Å². The molecule has 0 aromatic heterocycles. The molecule has 0 spiro atoms. The number of carbonyl (C=O) groups is 2. The molecule has 144 valence electrons. The molecule has 2 saturated carbocycles. The molecule has 0 saturated heterocycles. The highest BCUT2D eigenvalue weighted by Crippen LogP contribution is 2.30. The number of carbonyl (C=O) groups excluding carboxylic acids is 2. The maximum atomic E-state index is 12.3. The zero-order chi connectivity index (χ0) is 19.2. The molecule has 1 aromatic rings. The maximum Gasteiger partial charge on any atom is 0.314 e. The molecule has 0 aliphatic heterocycles. The molecule has 6 heteroatoms. The summed E-state index contributed by atoms with van der Waals surface area (Å²) in [6.45, 7) is 0. The van der Waals surface area contributed by atoms with Gasteiger partial charge in [0.1, 0.15) is 11.9 Å². The molecule has 2 aliphatic rings. The first-order valence-electron chi connectivity index (χ1n) is 9.65. The van der Waals surface area contributed by atoms with Crippen LogP contribution in [0.3, 0.4) is 0 Å². The summed E-state index contributed by atoms with van der Waals surface area (Å²) in [5.41, 5.74) is 0.518. The van der Waals surface area contributed by atoms with E-state index in [9.17, 15) is 14.7 Å². The third-order valence-corrected chi connectivity index (χ3v) is 5.52. The van der Waals surface area contributed by atoms with Crippen molar-refractivity contribution < 1.29 is 24.2 Å². The Balaban J connectivity index is 1.42. The van der Waals surface area contributed by atoms with Crippen molar-refractivity contribution in [3.05, 3.63) is 29.8 Å². The van der Waals surface area contributed by atoms with Crippen molar-refractivity contribution in [2.45, 2.75) is 63.6 Å². The van der Waals surface area contributed by atoms with Crippen LogP contribution in [0.1, 0.15) is 56.9 Å². The average molecular weight is 371 g/mol. The SMILES string of the molecule is N#Cc1ccc(OC(=O)C2CCC(OC(=O)C3CCC(O)CC3)CC2)cc1. The van der Waals surface area contributed by atoms with Crippen molar-refractivity contribution in [1.29, 1.82) is 5.26 Å². The lowest BCUT2D eigenvalue weighted by Gasteiger charge is -2.30. The summed E-state index contributed by atoms with van der Waals surface area (Å²) in [7, 11) is 0. The van der Waals surface area contributed by atoms with Gasteiger partial charge in [-0.1, -0.05) is 0 Å². The van der Waals surface area contributed by atoms with Gasteiger partial charge >= 0.3 is 11.9 Å². The van der Waals surface area contributed by atoms with Gasteiger partial charge in [-0.3, -0.25) is 9.59 Å². The number of esters is 2. The zero-order valence-corrected chi connectivity index (χ0v) is 15.3. The van der Waals surface area contributed by atoms with Crippen LogP contribution in [0, 0.1) is 23.2 Å². The standard InChI is InChI=1S/C21H25NO5/c22-13-14-1-9-18(10-2-14)26-21(25)16-5-11-19(12-6-16)27-20(24)15-3-7-17(23)8-4-15/h1-2,9-10,15-17,19,23H,3-8,11-12H2. The minimum absolute atomic E-state index is 0.104. The maximum absolute atomic E-state index is 12.3. The van der Waals surface area contributed by atoms with Gasteiger partial charge in [-0.05, 0) is 75.6 Å². The Morgan fingerprint density at radius 2 is 1.44 bits per heavy atom. The van der Waals surface area contributed by atoms with Gasteiger partial charge in [-0.15, -0.1) is 0 Å². The summed E-state index contributed by atoms with van der Waals surface area (Å²) in [6, 6.07) is 8.48. The van der Waals surface area contributed by atoms with E-state index < -0.39 is 0 Å². The van der Waals surface area contributed by atoms with E-state index in [0.717, 1.165) is 0 Å². The van der Waals surface area contributed by atoms with E-state index >= 15 is 0 Å². The normalized spacial score (nSPS) is 28.0. The Hall–Kier alpha value is -2.39. The zero-order valence-electron chi connectivity index (χ0n) is 15.3. The molecule has 1 aromatic carbocycles. The Bertz CT molecular complexity index is 692. The highest BCUT2D eigenvalue weighted by molar-refractivity contribution is 5.75. The van der Waals surface area contributed by atoms with Crippen molar-refractivity contribution in [3.63, 3.8) is 0 Å². The van der Waals surface area contributed by atoms with Gasteiger partial charge < -0.3 is 14.6 Å². The highest BCUT2D eigenvalue weighted by atomic mass is 16.5. The van der Waals surface area contributed by atoms with E-state index in [-0.39, 0.29) is 36.0 Å². The van der Waals surface area contributed by atoms with E-state index in [4.69, 9.17) is 14.7 Å². The smallest absolute Gasteiger partial charge is 0.314 e. The fourth-order valence-corrected chi connectivity index (χ4v) is 3.79. The van der Waals surface area contributed by atoms with Gasteiger partial charge in [0.25, 0.3) is 0 Å². The molecule has 3 rings (SSSR count). The van der Waals surface area contributed by atoms with Crippen molar-refractivity contribution >= 4 is 11.9 Å². The Labute approximate surface area is 159 Å². The molecule has 0 amide bonds. The lowest BCUT2D eigenvalue weighted by Crippen LogP contribution is -2.33. The molecule has 0 atom stereocenters. The summed E-state index contributed by atoms with van der Waals surface area (Å²) in [5, 5.41) is 18.3. The van der Waals surface area contributed by atoms with Crippen LogP contribution in [0.25, 0.3) is 0 Å². The van der Waals surface area contributed by atoms with E-state index in [0.29, 0.717) is 62.7 Å². The number of aliphatic hydroxyl groups excluding tert-OH is 1. The van der Waals surface area contributed by atoms with Crippen LogP contribution in [0.15, 0.2) is 24.3 Å². The first kappa shape index (κ1) is 19.4. The molecule has 2 aliphatic carbocycles. The number of nitriles is 1. The third-order valence-electron chi connectivity index (χ3n) is 5.52. The summed E-state index contributed by atoms with van der Waals surface area (Å²) in [6.07, 6.45) is 4.87. The fourth-order valence-electron chi connectivity index (χ4n) is 3.79. The summed E-state index contributed by atoms with van der Waals surface area (Å²) in [4.78, 5) is 24.6. The minimum Gasteiger partial charge on any atom is -0.462 e. The number of nitrogens with zero attached hydrogens (tertiary/aromatic N) is 1. The van der Waals surface area contributed by atoms with Gasteiger partial charge in [0.05, 0.1) is 29.6 Å². The summed E-state index contributed by atoms with van der Waals surface area (Å²) < 4.78 is 11.0. The summed E-state index contributed by atoms with van der Waals surface area (Å²) in [5.74, 6) is -0.295. The molecular formula is C21H25NO5. The second-order valence-corrected chi connectivity index (χ2v) is 7.47. The van der Waals surface area contributed by atoms with Gasteiger partial charge in [0, 0.05) is 0 Å². The Morgan fingerprint density at radius 1 is 0.889 bits per heavy atom. The van der Waals surface area contributed by atoms with Crippen LogP contribution in [-0.2, 0) is 14.3 Å². The third kappa shape index (κ3) is 5.30. The molecule has 2 fully saturated rings. The van der Waals surface area contributed by atoms with Gasteiger partial charge in [0.15, 0.2) is 0 Å². The number of ether oxygens (including phenoxy) is 2. The quantitative estimate of drug-likeness (QED) is 0.645. The summed E-state index contributed by atoms with van der Waals surface area (Å²) >= 11 is 0. The topological polar surface area (TPSA) is 96.6 Å². The molecule has 0 unspecified atom stereocenters. The van der Waals surface area contributed by atoms with E-state index in [1.165, 1.54) is 0 Å². The molecule has 0 bridgehead atoms. The van der Waals surface area contributed by atoms with Crippen LogP contribution >= 0.6 is 0 Å². The molecule has 0 radical (unpaired) electrons. The van der Waals surface area contributed by atoms with Crippen molar-refractivity contribution in [1.82, 2.24) is 0 Å². The van der Waals surface area contributed by atoms with Crippen molar-refractivity contribution in [3.8, 4) is 11.8 Å².